The minimum absolute atomic E-state index is 1.18. The highest BCUT2D eigenvalue weighted by molar-refractivity contribution is 6.10. The van der Waals surface area contributed by atoms with Gasteiger partial charge in [0.05, 0.1) is 11.0 Å². The van der Waals surface area contributed by atoms with Gasteiger partial charge < -0.3 is 4.57 Å². The van der Waals surface area contributed by atoms with E-state index in [1.54, 1.807) is 0 Å². The molecule has 0 amide bonds. The monoisotopic (exact) mass is 421 g/mol. The molecular formula is C32H23N. The Kier molecular flexibility index (Phi) is 4.86. The molecule has 0 saturated heterocycles. The van der Waals surface area contributed by atoms with Crippen molar-refractivity contribution in [3.8, 4) is 16.8 Å². The van der Waals surface area contributed by atoms with Gasteiger partial charge in [-0.25, -0.2) is 0 Å². The minimum atomic E-state index is 1.18. The van der Waals surface area contributed by atoms with Gasteiger partial charge in [-0.05, 0) is 52.6 Å². The second-order valence-corrected chi connectivity index (χ2v) is 8.25. The molecule has 0 N–H and O–H groups in total. The van der Waals surface area contributed by atoms with E-state index < -0.39 is 0 Å². The molecule has 0 radical (unpaired) electrons. The molecule has 5 aromatic carbocycles. The molecule has 1 heteroatoms. The van der Waals surface area contributed by atoms with Gasteiger partial charge in [-0.2, -0.15) is 0 Å². The van der Waals surface area contributed by atoms with E-state index in [-0.39, 0.29) is 0 Å². The maximum Gasteiger partial charge on any atom is 0.0541 e. The molecule has 0 unspecified atom stereocenters. The van der Waals surface area contributed by atoms with Crippen LogP contribution in [0.3, 0.4) is 0 Å². The van der Waals surface area contributed by atoms with Gasteiger partial charge in [0, 0.05) is 16.5 Å². The van der Waals surface area contributed by atoms with Gasteiger partial charge >= 0.3 is 0 Å². The Morgan fingerprint density at radius 2 is 1.15 bits per heavy atom. The zero-order valence-corrected chi connectivity index (χ0v) is 18.2. The van der Waals surface area contributed by atoms with Gasteiger partial charge in [-0.1, -0.05) is 109 Å². The number of hydrogen-bond acceptors (Lipinski definition) is 0. The van der Waals surface area contributed by atoms with Crippen LogP contribution in [0.5, 0.6) is 0 Å². The Hall–Kier alpha value is -4.36. The van der Waals surface area contributed by atoms with Gasteiger partial charge in [-0.3, -0.25) is 0 Å². The Morgan fingerprint density at radius 1 is 0.485 bits per heavy atom. The van der Waals surface area contributed by atoms with Crippen LogP contribution in [0.25, 0.3) is 50.8 Å². The molecule has 0 bridgehead atoms. The Bertz CT molecular complexity index is 1590. The fraction of sp³-hybridized carbons (Fsp3) is 0. The van der Waals surface area contributed by atoms with E-state index in [0.717, 1.165) is 0 Å². The van der Waals surface area contributed by atoms with Crippen molar-refractivity contribution < 1.29 is 0 Å². The average Bonchev–Trinajstić information content (AvgIpc) is 3.22. The number of aromatic nitrogens is 1. The molecule has 0 fully saturated rings. The van der Waals surface area contributed by atoms with Crippen molar-refractivity contribution in [3.63, 3.8) is 0 Å². The van der Waals surface area contributed by atoms with Crippen LogP contribution >= 0.6 is 0 Å². The molecule has 0 aliphatic carbocycles. The summed E-state index contributed by atoms with van der Waals surface area (Å²) in [5.41, 5.74) is 8.52. The summed E-state index contributed by atoms with van der Waals surface area (Å²) in [6, 6.07) is 45.2. The molecule has 6 aromatic rings. The van der Waals surface area contributed by atoms with Gasteiger partial charge in [0.25, 0.3) is 0 Å². The van der Waals surface area contributed by atoms with Crippen molar-refractivity contribution in [2.24, 2.45) is 0 Å². The van der Waals surface area contributed by atoms with Crippen LogP contribution in [0.1, 0.15) is 11.1 Å². The second kappa shape index (κ2) is 8.29. The van der Waals surface area contributed by atoms with E-state index >= 15 is 0 Å². The van der Waals surface area contributed by atoms with Crippen LogP contribution in [0.15, 0.2) is 127 Å². The van der Waals surface area contributed by atoms with Gasteiger partial charge in [0.15, 0.2) is 0 Å². The van der Waals surface area contributed by atoms with Crippen LogP contribution < -0.4 is 0 Å². The van der Waals surface area contributed by atoms with Crippen LogP contribution in [-0.2, 0) is 0 Å². The molecule has 156 valence electrons. The first-order chi connectivity index (χ1) is 16.4. The molecule has 0 spiro atoms. The fourth-order valence-electron chi connectivity index (χ4n) is 4.65. The number of para-hydroxylation sites is 2. The highest BCUT2D eigenvalue weighted by Crippen LogP contribution is 2.35. The van der Waals surface area contributed by atoms with Crippen LogP contribution in [0, 0.1) is 0 Å². The summed E-state index contributed by atoms with van der Waals surface area (Å²) in [6.07, 6.45) is 4.39. The lowest BCUT2D eigenvalue weighted by molar-refractivity contribution is 1.18. The molecule has 0 aliphatic heterocycles. The number of rotatable bonds is 4. The van der Waals surface area contributed by atoms with Crippen LogP contribution in [0.2, 0.25) is 0 Å². The summed E-state index contributed by atoms with van der Waals surface area (Å²) in [5, 5.41) is 2.55. The average molecular weight is 422 g/mol. The topological polar surface area (TPSA) is 4.93 Å². The Morgan fingerprint density at radius 3 is 2.00 bits per heavy atom. The number of fused-ring (bicyclic) bond motifs is 3. The van der Waals surface area contributed by atoms with Gasteiger partial charge in [-0.15, -0.1) is 0 Å². The second-order valence-electron chi connectivity index (χ2n) is 8.25. The van der Waals surface area contributed by atoms with Crippen molar-refractivity contribution in [1.82, 2.24) is 4.57 Å². The molecule has 1 aromatic heterocycles. The van der Waals surface area contributed by atoms with Crippen molar-refractivity contribution in [2.75, 3.05) is 0 Å². The summed E-state index contributed by atoms with van der Waals surface area (Å²) in [5.74, 6) is 0. The molecule has 1 nitrogen and oxygen atoms in total. The quantitative estimate of drug-likeness (QED) is 0.251. The molecule has 33 heavy (non-hydrogen) atoms. The van der Waals surface area contributed by atoms with Gasteiger partial charge in [0.2, 0.25) is 0 Å². The predicted octanol–water partition coefficient (Wildman–Crippen LogP) is 8.62. The lowest BCUT2D eigenvalue weighted by Gasteiger charge is -2.09. The summed E-state index contributed by atoms with van der Waals surface area (Å²) in [7, 11) is 0. The summed E-state index contributed by atoms with van der Waals surface area (Å²) in [6.45, 7) is 0. The molecular weight excluding hydrogens is 398 g/mol. The molecule has 0 atom stereocenters. The highest BCUT2D eigenvalue weighted by atomic mass is 15.0. The first-order valence-corrected chi connectivity index (χ1v) is 11.3. The lowest BCUT2D eigenvalue weighted by atomic mass is 9.97. The maximum atomic E-state index is 2.36. The standard InChI is InChI=1S/C32H23N/c1-3-11-24(12-4-1)19-20-25-13-7-8-16-28(25)26-21-22-32-30(23-26)29-17-9-10-18-31(29)33(32)27-14-5-2-6-15-27/h1-23H/b20-19+. The largest absolute Gasteiger partial charge is 0.309 e. The zero-order valence-electron chi connectivity index (χ0n) is 18.2. The maximum absolute atomic E-state index is 2.36. The molecule has 1 heterocycles. The number of hydrogen-bond donors (Lipinski definition) is 0. The summed E-state index contributed by atoms with van der Waals surface area (Å²) >= 11 is 0. The van der Waals surface area contributed by atoms with E-state index in [2.05, 4.69) is 138 Å². The smallest absolute Gasteiger partial charge is 0.0541 e. The molecule has 0 saturated carbocycles. The van der Waals surface area contributed by atoms with E-state index in [1.807, 2.05) is 6.07 Å². The normalized spacial score (nSPS) is 11.5. The number of benzene rings is 5. The van der Waals surface area contributed by atoms with E-state index in [1.165, 1.54) is 49.7 Å². The first kappa shape index (κ1) is 19.3. The Balaban J connectivity index is 1.52. The third kappa shape index (κ3) is 3.54. The lowest BCUT2D eigenvalue weighted by Crippen LogP contribution is -1.92. The number of nitrogens with zero attached hydrogens (tertiary/aromatic N) is 1. The van der Waals surface area contributed by atoms with Crippen molar-refractivity contribution in [1.29, 1.82) is 0 Å². The van der Waals surface area contributed by atoms with Crippen LogP contribution in [-0.4, -0.2) is 4.57 Å². The van der Waals surface area contributed by atoms with Gasteiger partial charge in [0.1, 0.15) is 0 Å². The molecule has 6 rings (SSSR count). The van der Waals surface area contributed by atoms with E-state index in [4.69, 9.17) is 0 Å². The first-order valence-electron chi connectivity index (χ1n) is 11.3. The summed E-state index contributed by atoms with van der Waals surface area (Å²) in [4.78, 5) is 0. The molecule has 0 aliphatic rings. The fourth-order valence-corrected chi connectivity index (χ4v) is 4.65. The van der Waals surface area contributed by atoms with Crippen molar-refractivity contribution >= 4 is 34.0 Å². The van der Waals surface area contributed by atoms with Crippen molar-refractivity contribution in [3.05, 3.63) is 139 Å². The Labute approximate surface area is 193 Å². The van der Waals surface area contributed by atoms with E-state index in [0.29, 0.717) is 0 Å². The van der Waals surface area contributed by atoms with Crippen LogP contribution in [0.4, 0.5) is 0 Å². The predicted molar refractivity (Wildman–Crippen MR) is 142 cm³/mol. The minimum Gasteiger partial charge on any atom is -0.309 e. The zero-order chi connectivity index (χ0) is 22.0. The summed E-state index contributed by atoms with van der Waals surface area (Å²) < 4.78 is 2.36. The third-order valence-corrected chi connectivity index (χ3v) is 6.21. The van der Waals surface area contributed by atoms with E-state index in [9.17, 15) is 0 Å². The van der Waals surface area contributed by atoms with Crippen molar-refractivity contribution in [2.45, 2.75) is 0 Å². The SMILES string of the molecule is C(=C\c1ccccc1-c1ccc2c(c1)c1ccccc1n2-c1ccccc1)/c1ccccc1. The highest BCUT2D eigenvalue weighted by Gasteiger charge is 2.13. The third-order valence-electron chi connectivity index (χ3n) is 6.21.